The molecule has 1 heterocycles. The number of carbonyl (C=O) groups excluding carboxylic acids is 2. The number of amides is 3. The zero-order valence-electron chi connectivity index (χ0n) is 16.3. The molecule has 0 saturated carbocycles. The summed E-state index contributed by atoms with van der Waals surface area (Å²) in [4.78, 5) is 24.0. The molecule has 29 heavy (non-hydrogen) atoms. The number of furan rings is 1. The molecule has 150 valence electrons. The molecule has 3 rings (SSSR count). The Balaban J connectivity index is 1.46. The van der Waals surface area contributed by atoms with Gasteiger partial charge >= 0.3 is 6.03 Å². The van der Waals surface area contributed by atoms with E-state index in [1.165, 1.54) is 6.26 Å². The van der Waals surface area contributed by atoms with Crippen LogP contribution in [-0.2, 0) is 6.54 Å². The van der Waals surface area contributed by atoms with Crippen molar-refractivity contribution in [3.05, 3.63) is 78.3 Å². The molecule has 7 nitrogen and oxygen atoms in total. The maximum Gasteiger partial charge on any atom is 0.319 e. The van der Waals surface area contributed by atoms with E-state index in [1.807, 2.05) is 38.1 Å². The zero-order valence-corrected chi connectivity index (χ0v) is 16.3. The van der Waals surface area contributed by atoms with Gasteiger partial charge in [0, 0.05) is 17.9 Å². The lowest BCUT2D eigenvalue weighted by Gasteiger charge is -2.11. The van der Waals surface area contributed by atoms with Crippen molar-refractivity contribution in [1.82, 2.24) is 5.32 Å². The van der Waals surface area contributed by atoms with Crippen molar-refractivity contribution in [3.8, 4) is 5.75 Å². The number of ether oxygens (including phenoxy) is 1. The average Bonchev–Trinajstić information content (AvgIpc) is 3.24. The summed E-state index contributed by atoms with van der Waals surface area (Å²) >= 11 is 0. The molecule has 0 atom stereocenters. The van der Waals surface area contributed by atoms with Crippen LogP contribution in [0.5, 0.6) is 5.75 Å². The van der Waals surface area contributed by atoms with Gasteiger partial charge in [0.25, 0.3) is 5.91 Å². The summed E-state index contributed by atoms with van der Waals surface area (Å²) in [5.41, 5.74) is 2.17. The molecule has 0 bridgehead atoms. The quantitative estimate of drug-likeness (QED) is 0.545. The number of urea groups is 1. The zero-order chi connectivity index (χ0) is 20.6. The van der Waals surface area contributed by atoms with Crippen molar-refractivity contribution in [3.63, 3.8) is 0 Å². The van der Waals surface area contributed by atoms with E-state index in [4.69, 9.17) is 9.15 Å². The molecule has 3 aromatic rings. The van der Waals surface area contributed by atoms with Crippen LogP contribution in [0.3, 0.4) is 0 Å². The first-order chi connectivity index (χ1) is 14.0. The Kier molecular flexibility index (Phi) is 6.52. The van der Waals surface area contributed by atoms with E-state index < -0.39 is 0 Å². The summed E-state index contributed by atoms with van der Waals surface area (Å²) in [5.74, 6) is 0.695. The van der Waals surface area contributed by atoms with E-state index in [0.29, 0.717) is 17.9 Å². The standard InChI is InChI=1S/C22H23N3O4/c1-15(2)29-19-11-5-16(6-12-19)14-23-22(27)25-18-9-7-17(8-10-18)24-21(26)20-4-3-13-28-20/h3-13,15H,14H2,1-2H3,(H,24,26)(H2,23,25,27). The predicted molar refractivity (Wildman–Crippen MR) is 111 cm³/mol. The number of rotatable bonds is 7. The third-order valence-electron chi connectivity index (χ3n) is 3.89. The first-order valence-corrected chi connectivity index (χ1v) is 9.25. The van der Waals surface area contributed by atoms with Crippen LogP contribution in [0.2, 0.25) is 0 Å². The SMILES string of the molecule is CC(C)Oc1ccc(CNC(=O)Nc2ccc(NC(=O)c3ccco3)cc2)cc1. The molecule has 0 fully saturated rings. The average molecular weight is 393 g/mol. The van der Waals surface area contributed by atoms with Gasteiger partial charge in [0.1, 0.15) is 5.75 Å². The Morgan fingerprint density at radius 1 is 0.931 bits per heavy atom. The minimum atomic E-state index is -0.335. The lowest BCUT2D eigenvalue weighted by molar-refractivity contribution is 0.0996. The van der Waals surface area contributed by atoms with Gasteiger partial charge in [-0.3, -0.25) is 4.79 Å². The van der Waals surface area contributed by atoms with Gasteiger partial charge in [0.2, 0.25) is 0 Å². The van der Waals surface area contributed by atoms with Gasteiger partial charge in [0.05, 0.1) is 12.4 Å². The van der Waals surface area contributed by atoms with Gasteiger partial charge in [-0.05, 0) is 67.9 Å². The van der Waals surface area contributed by atoms with Gasteiger partial charge in [-0.1, -0.05) is 12.1 Å². The van der Waals surface area contributed by atoms with Crippen molar-refractivity contribution >= 4 is 23.3 Å². The van der Waals surface area contributed by atoms with Crippen molar-refractivity contribution in [1.29, 1.82) is 0 Å². The normalized spacial score (nSPS) is 10.4. The van der Waals surface area contributed by atoms with Gasteiger partial charge in [0.15, 0.2) is 5.76 Å². The molecule has 3 amide bonds. The minimum absolute atomic E-state index is 0.120. The molecule has 0 saturated heterocycles. The second kappa shape index (κ2) is 9.45. The topological polar surface area (TPSA) is 92.6 Å². The van der Waals surface area contributed by atoms with E-state index >= 15 is 0 Å². The Morgan fingerprint density at radius 3 is 2.17 bits per heavy atom. The molecule has 0 aliphatic heterocycles. The molecule has 7 heteroatoms. The fraction of sp³-hybridized carbons (Fsp3) is 0.182. The predicted octanol–water partition coefficient (Wildman–Crippen LogP) is 4.64. The fourth-order valence-electron chi connectivity index (χ4n) is 2.55. The van der Waals surface area contributed by atoms with Crippen molar-refractivity contribution < 1.29 is 18.7 Å². The first kappa shape index (κ1) is 20.0. The van der Waals surface area contributed by atoms with Gasteiger partial charge in [-0.2, -0.15) is 0 Å². The Bertz CT molecular complexity index is 933. The fourth-order valence-corrected chi connectivity index (χ4v) is 2.55. The largest absolute Gasteiger partial charge is 0.491 e. The van der Waals surface area contributed by atoms with E-state index in [-0.39, 0.29) is 23.8 Å². The maximum absolute atomic E-state index is 12.1. The highest BCUT2D eigenvalue weighted by molar-refractivity contribution is 6.02. The molecule has 0 aliphatic carbocycles. The molecule has 0 aliphatic rings. The van der Waals surface area contributed by atoms with Crippen LogP contribution in [0.25, 0.3) is 0 Å². The van der Waals surface area contributed by atoms with E-state index in [1.54, 1.807) is 36.4 Å². The van der Waals surface area contributed by atoms with Gasteiger partial charge < -0.3 is 25.1 Å². The second-order valence-corrected chi connectivity index (χ2v) is 6.63. The van der Waals surface area contributed by atoms with E-state index in [9.17, 15) is 9.59 Å². The second-order valence-electron chi connectivity index (χ2n) is 6.63. The third-order valence-corrected chi connectivity index (χ3v) is 3.89. The van der Waals surface area contributed by atoms with Crippen LogP contribution >= 0.6 is 0 Å². The van der Waals surface area contributed by atoms with Crippen molar-refractivity contribution in [2.75, 3.05) is 10.6 Å². The number of hydrogen-bond acceptors (Lipinski definition) is 4. The summed E-state index contributed by atoms with van der Waals surface area (Å²) in [7, 11) is 0. The van der Waals surface area contributed by atoms with Gasteiger partial charge in [-0.25, -0.2) is 4.79 Å². The molecular formula is C22H23N3O4. The number of nitrogens with one attached hydrogen (secondary N) is 3. The summed E-state index contributed by atoms with van der Waals surface area (Å²) < 4.78 is 10.6. The smallest absolute Gasteiger partial charge is 0.319 e. The molecular weight excluding hydrogens is 370 g/mol. The molecule has 2 aromatic carbocycles. The van der Waals surface area contributed by atoms with Crippen molar-refractivity contribution in [2.24, 2.45) is 0 Å². The molecule has 0 radical (unpaired) electrons. The number of hydrogen-bond donors (Lipinski definition) is 3. The van der Waals surface area contributed by atoms with Crippen LogP contribution in [-0.4, -0.2) is 18.0 Å². The van der Waals surface area contributed by atoms with Crippen molar-refractivity contribution in [2.45, 2.75) is 26.5 Å². The van der Waals surface area contributed by atoms with Crippen LogP contribution in [0, 0.1) is 0 Å². The van der Waals surface area contributed by atoms with Crippen LogP contribution in [0.15, 0.2) is 71.3 Å². The molecule has 3 N–H and O–H groups in total. The maximum atomic E-state index is 12.1. The summed E-state index contributed by atoms with van der Waals surface area (Å²) in [5, 5.41) is 8.27. The third kappa shape index (κ3) is 6.14. The Labute approximate surface area is 169 Å². The van der Waals surface area contributed by atoms with Crippen LogP contribution in [0.4, 0.5) is 16.2 Å². The highest BCUT2D eigenvalue weighted by Gasteiger charge is 2.09. The Morgan fingerprint density at radius 2 is 1.59 bits per heavy atom. The van der Waals surface area contributed by atoms with Crippen LogP contribution < -0.4 is 20.7 Å². The number of anilines is 2. The molecule has 1 aromatic heterocycles. The molecule has 0 unspecified atom stereocenters. The lowest BCUT2D eigenvalue weighted by atomic mass is 10.2. The number of benzene rings is 2. The van der Waals surface area contributed by atoms with E-state index in [0.717, 1.165) is 11.3 Å². The molecule has 0 spiro atoms. The summed E-state index contributed by atoms with van der Waals surface area (Å²) in [6.45, 7) is 4.34. The Hall–Kier alpha value is -3.74. The first-order valence-electron chi connectivity index (χ1n) is 9.25. The highest BCUT2D eigenvalue weighted by atomic mass is 16.5. The van der Waals surface area contributed by atoms with Gasteiger partial charge in [-0.15, -0.1) is 0 Å². The number of carbonyl (C=O) groups is 2. The monoisotopic (exact) mass is 393 g/mol. The summed E-state index contributed by atoms with van der Waals surface area (Å²) in [6, 6.07) is 17.3. The summed E-state index contributed by atoms with van der Waals surface area (Å²) in [6.07, 6.45) is 1.56. The van der Waals surface area contributed by atoms with Crippen LogP contribution in [0.1, 0.15) is 30.0 Å². The van der Waals surface area contributed by atoms with E-state index in [2.05, 4.69) is 16.0 Å². The minimum Gasteiger partial charge on any atom is -0.491 e. The highest BCUT2D eigenvalue weighted by Crippen LogP contribution is 2.16. The lowest BCUT2D eigenvalue weighted by Crippen LogP contribution is -2.28.